The molecule has 11 nitrogen and oxygen atoms in total. The minimum absolute atomic E-state index is 0.00302. The summed E-state index contributed by atoms with van der Waals surface area (Å²) in [7, 11) is 0. The number of carbonyl (C=O) groups is 2. The van der Waals surface area contributed by atoms with E-state index in [4.69, 9.17) is 23.7 Å². The Morgan fingerprint density at radius 1 is 0.956 bits per heavy atom. The van der Waals surface area contributed by atoms with Gasteiger partial charge in [-0.05, 0) is 88.9 Å². The number of aromatic nitrogens is 2. The minimum Gasteiger partial charge on any atom is -0.489 e. The van der Waals surface area contributed by atoms with Gasteiger partial charge < -0.3 is 23.6 Å². The zero-order valence-electron chi connectivity index (χ0n) is 26.5. The lowest BCUT2D eigenvalue weighted by molar-refractivity contribution is 0.0553. The molecule has 0 radical (unpaired) electrons. The molecule has 0 unspecified atom stereocenters. The Balaban J connectivity index is 1.34. The maximum absolute atomic E-state index is 12.7. The molecule has 1 aliphatic heterocycles. The van der Waals surface area contributed by atoms with Gasteiger partial charge in [-0.2, -0.15) is 4.98 Å². The van der Waals surface area contributed by atoms with Gasteiger partial charge in [-0.25, -0.2) is 9.59 Å². The Labute approximate surface area is 262 Å². The summed E-state index contributed by atoms with van der Waals surface area (Å²) in [6, 6.07) is 21.5. The van der Waals surface area contributed by atoms with Gasteiger partial charge in [-0.15, -0.1) is 4.99 Å². The lowest BCUT2D eigenvalue weighted by atomic mass is 10.1. The first kappa shape index (κ1) is 31.5. The van der Waals surface area contributed by atoms with Crippen LogP contribution < -0.4 is 10.1 Å². The number of hydrogen-bond acceptors (Lipinski definition) is 8. The van der Waals surface area contributed by atoms with Crippen molar-refractivity contribution in [1.82, 2.24) is 20.4 Å². The van der Waals surface area contributed by atoms with E-state index in [0.29, 0.717) is 31.3 Å². The van der Waals surface area contributed by atoms with Gasteiger partial charge in [0.25, 0.3) is 0 Å². The van der Waals surface area contributed by atoms with Crippen molar-refractivity contribution in [2.75, 3.05) is 6.54 Å². The molecular weight excluding hydrogens is 574 g/mol. The van der Waals surface area contributed by atoms with Crippen LogP contribution in [0.5, 0.6) is 5.75 Å². The van der Waals surface area contributed by atoms with E-state index in [1.54, 1.807) is 46.4 Å². The molecule has 1 atom stereocenters. The summed E-state index contributed by atoms with van der Waals surface area (Å²) in [6.45, 7) is 11.5. The first-order valence-electron chi connectivity index (χ1n) is 15.0. The van der Waals surface area contributed by atoms with E-state index in [2.05, 4.69) is 15.5 Å². The smallest absolute Gasteiger partial charge is 0.437 e. The number of ether oxygens (including phenoxy) is 3. The van der Waals surface area contributed by atoms with Gasteiger partial charge >= 0.3 is 12.2 Å². The van der Waals surface area contributed by atoms with Crippen LogP contribution in [-0.4, -0.2) is 50.9 Å². The number of fused-ring (bicyclic) bond motifs is 1. The summed E-state index contributed by atoms with van der Waals surface area (Å²) >= 11 is 0. The maximum atomic E-state index is 12.7. The third-order valence-electron chi connectivity index (χ3n) is 6.77. The van der Waals surface area contributed by atoms with Crippen molar-refractivity contribution in [3.8, 4) is 17.1 Å². The normalized spacial score (nSPS) is 15.6. The zero-order chi connectivity index (χ0) is 32.2. The van der Waals surface area contributed by atoms with E-state index in [1.165, 1.54) is 0 Å². The number of hydrogen-bond donors (Lipinski definition) is 1. The van der Waals surface area contributed by atoms with E-state index in [9.17, 15) is 9.59 Å². The minimum atomic E-state index is -0.838. The first-order valence-corrected chi connectivity index (χ1v) is 15.0. The Morgan fingerprint density at radius 2 is 1.67 bits per heavy atom. The van der Waals surface area contributed by atoms with Crippen molar-refractivity contribution in [1.29, 1.82) is 0 Å². The van der Waals surface area contributed by atoms with E-state index >= 15 is 0 Å². The van der Waals surface area contributed by atoms with E-state index < -0.39 is 29.4 Å². The average molecular weight is 614 g/mol. The fourth-order valence-electron chi connectivity index (χ4n) is 4.89. The topological polar surface area (TPSA) is 128 Å². The maximum Gasteiger partial charge on any atom is 0.437 e. The molecule has 1 N–H and O–H groups in total. The van der Waals surface area contributed by atoms with E-state index in [1.807, 2.05) is 66.7 Å². The lowest BCUT2D eigenvalue weighted by Crippen LogP contribution is -2.46. The molecule has 1 aliphatic rings. The molecule has 45 heavy (non-hydrogen) atoms. The number of nitrogens with one attached hydrogen (secondary N) is 1. The monoisotopic (exact) mass is 613 g/mol. The molecule has 0 spiro atoms. The third-order valence-corrected chi connectivity index (χ3v) is 6.77. The second-order valence-electron chi connectivity index (χ2n) is 12.8. The average Bonchev–Trinajstić information content (AvgIpc) is 3.64. The number of rotatable bonds is 5. The Hall–Kier alpha value is -4.93. The highest BCUT2D eigenvalue weighted by Crippen LogP contribution is 2.33. The van der Waals surface area contributed by atoms with Crippen LogP contribution in [0, 0.1) is 0 Å². The fraction of sp³-hybridized carbons (Fsp3) is 0.382. The van der Waals surface area contributed by atoms with Crippen molar-refractivity contribution in [2.24, 2.45) is 4.99 Å². The first-order chi connectivity index (χ1) is 21.3. The highest BCUT2D eigenvalue weighted by atomic mass is 16.6. The largest absolute Gasteiger partial charge is 0.489 e. The van der Waals surface area contributed by atoms with Crippen LogP contribution in [0.4, 0.5) is 9.59 Å². The number of nitrogens with zero attached hydrogens (tertiary/aromatic N) is 4. The molecule has 1 saturated heterocycles. The van der Waals surface area contributed by atoms with Crippen LogP contribution >= 0.6 is 0 Å². The molecule has 1 aromatic heterocycles. The summed E-state index contributed by atoms with van der Waals surface area (Å²) < 4.78 is 22.5. The number of amides is 2. The summed E-state index contributed by atoms with van der Waals surface area (Å²) in [4.78, 5) is 35.9. The van der Waals surface area contributed by atoms with Crippen molar-refractivity contribution < 1.29 is 28.3 Å². The predicted octanol–water partition coefficient (Wildman–Crippen LogP) is 7.42. The van der Waals surface area contributed by atoms with E-state index in [-0.39, 0.29) is 5.96 Å². The molecule has 4 aromatic rings. The van der Waals surface area contributed by atoms with E-state index in [0.717, 1.165) is 34.1 Å². The number of guanidine groups is 1. The Bertz CT molecular complexity index is 1690. The molecule has 0 aliphatic carbocycles. The van der Waals surface area contributed by atoms with Gasteiger partial charge in [0.05, 0.1) is 0 Å². The zero-order valence-corrected chi connectivity index (χ0v) is 26.5. The SMILES string of the molecule is CC(C)(C)OC(=O)/N=C(\NC(=O)OC(C)(C)C)N1CCC[C@H]1c1nc(-c2ccc3cc(OCc4ccccc4)ccc3c2)no1. The van der Waals surface area contributed by atoms with Crippen LogP contribution in [0.2, 0.25) is 0 Å². The van der Waals surface area contributed by atoms with Crippen molar-refractivity contribution >= 4 is 28.9 Å². The van der Waals surface area contributed by atoms with Gasteiger partial charge in [-0.3, -0.25) is 5.32 Å². The highest BCUT2D eigenvalue weighted by molar-refractivity contribution is 5.99. The molecule has 3 aromatic carbocycles. The molecule has 2 amide bonds. The summed E-state index contributed by atoms with van der Waals surface area (Å²) in [5.41, 5.74) is 0.379. The number of aliphatic imine (C=N–C) groups is 1. The molecule has 11 heteroatoms. The van der Waals surface area contributed by atoms with Crippen LogP contribution in [-0.2, 0) is 16.1 Å². The fourth-order valence-corrected chi connectivity index (χ4v) is 4.89. The molecule has 0 saturated carbocycles. The third kappa shape index (κ3) is 8.59. The van der Waals surface area contributed by atoms with Gasteiger partial charge in [0, 0.05) is 12.1 Å². The Morgan fingerprint density at radius 3 is 2.40 bits per heavy atom. The quantitative estimate of drug-likeness (QED) is 0.181. The molecule has 0 bridgehead atoms. The van der Waals surface area contributed by atoms with Crippen molar-refractivity contribution in [3.63, 3.8) is 0 Å². The highest BCUT2D eigenvalue weighted by Gasteiger charge is 2.35. The molecular formula is C34H39N5O6. The number of carbonyl (C=O) groups excluding carboxylic acids is 2. The molecule has 236 valence electrons. The number of benzene rings is 3. The van der Waals surface area contributed by atoms with Gasteiger partial charge in [-0.1, -0.05) is 53.7 Å². The van der Waals surface area contributed by atoms with Gasteiger partial charge in [0.1, 0.15) is 29.6 Å². The summed E-state index contributed by atoms with van der Waals surface area (Å²) in [6.07, 6.45) is -0.188. The summed E-state index contributed by atoms with van der Waals surface area (Å²) in [5, 5.41) is 8.90. The number of alkyl carbamates (subject to hydrolysis) is 1. The lowest BCUT2D eigenvalue weighted by Gasteiger charge is -2.27. The van der Waals surface area contributed by atoms with Gasteiger partial charge in [0.15, 0.2) is 0 Å². The summed E-state index contributed by atoms with van der Waals surface area (Å²) in [5.74, 6) is 1.55. The second-order valence-corrected chi connectivity index (χ2v) is 12.8. The molecule has 1 fully saturated rings. The molecule has 5 rings (SSSR count). The molecule has 2 heterocycles. The predicted molar refractivity (Wildman–Crippen MR) is 170 cm³/mol. The van der Waals surface area contributed by atoms with Crippen LogP contribution in [0.1, 0.15) is 71.9 Å². The van der Waals surface area contributed by atoms with Crippen LogP contribution in [0.3, 0.4) is 0 Å². The second kappa shape index (κ2) is 13.0. The van der Waals surface area contributed by atoms with Gasteiger partial charge in [0.2, 0.25) is 17.7 Å². The standard InChI is InChI=1S/C34H39N5O6/c1-33(2,3)43-31(40)36-30(37-32(41)44-34(4,5)6)39-18-10-13-27(39)29-35-28(38-45-29)25-15-14-24-20-26(17-16-23(24)19-25)42-21-22-11-8-7-9-12-22/h7-9,11-12,14-17,19-20,27H,10,13,18,21H2,1-6H3,(H,36,37,40,41)/t27-/m0/s1. The Kier molecular flexibility index (Phi) is 9.08. The van der Waals surface area contributed by atoms with Crippen LogP contribution in [0.15, 0.2) is 76.2 Å². The number of likely N-dealkylation sites (tertiary alicyclic amines) is 1. The van der Waals surface area contributed by atoms with Crippen molar-refractivity contribution in [3.05, 3.63) is 78.2 Å². The van der Waals surface area contributed by atoms with Crippen molar-refractivity contribution in [2.45, 2.75) is 78.2 Å². The van der Waals surface area contributed by atoms with Crippen LogP contribution in [0.25, 0.3) is 22.2 Å².